The second-order valence-corrected chi connectivity index (χ2v) is 16.3. The van der Waals surface area contributed by atoms with Crippen molar-refractivity contribution in [3.8, 4) is 0 Å². The maximum absolute atomic E-state index is 12.2. The molecular formula is C15H28O4Si2. The van der Waals surface area contributed by atoms with E-state index in [0.29, 0.717) is 6.61 Å². The van der Waals surface area contributed by atoms with Crippen LogP contribution in [0.1, 0.15) is 0 Å². The summed E-state index contributed by atoms with van der Waals surface area (Å²) in [6.07, 6.45) is 0.806. The van der Waals surface area contributed by atoms with Gasteiger partial charge in [-0.15, -0.1) is 6.58 Å². The number of hydrogen-bond acceptors (Lipinski definition) is 4. The Morgan fingerprint density at radius 1 is 1.19 bits per heavy atom. The Morgan fingerprint density at radius 3 is 2.19 bits per heavy atom. The molecule has 1 aliphatic rings. The molecule has 1 fully saturated rings. The van der Waals surface area contributed by atoms with E-state index in [2.05, 4.69) is 52.4 Å². The van der Waals surface area contributed by atoms with Crippen LogP contribution in [0.15, 0.2) is 24.8 Å². The average molecular weight is 329 g/mol. The summed E-state index contributed by atoms with van der Waals surface area (Å²) in [6.45, 7) is 20.8. The number of hydrogen-bond donors (Lipinski definition) is 0. The first-order valence-electron chi connectivity index (χ1n) is 7.28. The first-order chi connectivity index (χ1) is 9.44. The minimum absolute atomic E-state index is 0.301. The summed E-state index contributed by atoms with van der Waals surface area (Å²) in [4.78, 5) is 12.2. The summed E-state index contributed by atoms with van der Waals surface area (Å²) < 4.78 is 17.5. The van der Waals surface area contributed by atoms with Gasteiger partial charge in [-0.25, -0.2) is 0 Å². The molecule has 0 N–H and O–H groups in total. The molecule has 6 heteroatoms. The van der Waals surface area contributed by atoms with Crippen molar-refractivity contribution < 1.29 is 18.4 Å². The van der Waals surface area contributed by atoms with Crippen LogP contribution in [-0.2, 0) is 18.4 Å². The highest BCUT2D eigenvalue weighted by molar-refractivity contribution is 6.70. The van der Waals surface area contributed by atoms with Gasteiger partial charge < -0.3 is 13.6 Å². The maximum Gasteiger partial charge on any atom is 0.316 e. The highest BCUT2D eigenvalue weighted by atomic mass is 28.4. The Labute approximate surface area is 130 Å². The molecule has 1 heterocycles. The Hall–Kier alpha value is -0.696. The van der Waals surface area contributed by atoms with Gasteiger partial charge >= 0.3 is 5.97 Å². The molecule has 4 nitrogen and oxygen atoms in total. The number of rotatable bonds is 6. The largest absolute Gasteiger partial charge is 0.455 e. The predicted octanol–water partition coefficient (Wildman–Crippen LogP) is 3.34. The topological polar surface area (TPSA) is 44.8 Å². The van der Waals surface area contributed by atoms with Crippen LogP contribution in [0.4, 0.5) is 0 Å². The molecule has 1 aliphatic heterocycles. The van der Waals surface area contributed by atoms with Gasteiger partial charge in [0, 0.05) is 0 Å². The second-order valence-electron chi connectivity index (χ2n) is 7.34. The third-order valence-electron chi connectivity index (χ3n) is 3.04. The minimum atomic E-state index is -1.81. The minimum Gasteiger partial charge on any atom is -0.455 e. The van der Waals surface area contributed by atoms with Gasteiger partial charge in [0.2, 0.25) is 0 Å². The lowest BCUT2D eigenvalue weighted by atomic mass is 9.90. The Balaban J connectivity index is 2.89. The molecule has 2 unspecified atom stereocenters. The lowest BCUT2D eigenvalue weighted by Crippen LogP contribution is -2.49. The quantitative estimate of drug-likeness (QED) is 0.426. The van der Waals surface area contributed by atoms with Gasteiger partial charge in [-0.2, -0.15) is 0 Å². The third kappa shape index (κ3) is 5.54. The molecule has 0 aromatic rings. The molecule has 120 valence electrons. The van der Waals surface area contributed by atoms with E-state index in [1.165, 1.54) is 0 Å². The summed E-state index contributed by atoms with van der Waals surface area (Å²) in [6, 6.07) is 0. The normalized spacial score (nSPS) is 27.4. The van der Waals surface area contributed by atoms with Gasteiger partial charge in [0.05, 0.1) is 12.7 Å². The Morgan fingerprint density at radius 2 is 1.76 bits per heavy atom. The second kappa shape index (κ2) is 6.60. The summed E-state index contributed by atoms with van der Waals surface area (Å²) >= 11 is 0. The first-order valence-corrected chi connectivity index (χ1v) is 14.1. The zero-order valence-electron chi connectivity index (χ0n) is 14.1. The monoisotopic (exact) mass is 328 g/mol. The fraction of sp³-hybridized carbons (Fsp3) is 0.667. The number of carbonyl (C=O) groups excluding carboxylic acids is 1. The number of ether oxygens (including phenoxy) is 1. The standard InChI is InChI=1S/C15H28O4Si2/c1-9-12-14(19-21(6,7)8)11(2)13(18-15(12)16)10-17-20(3,4)5/h9,12-14H,1-2,10H2,3-8H3/t12-,13?,14?/m1/s1. The number of cyclic esters (lactones) is 1. The first kappa shape index (κ1) is 18.4. The molecule has 0 spiro atoms. The molecule has 21 heavy (non-hydrogen) atoms. The van der Waals surface area contributed by atoms with Crippen LogP contribution in [0.2, 0.25) is 39.3 Å². The molecule has 1 saturated heterocycles. The zero-order chi connectivity index (χ0) is 16.4. The molecular weight excluding hydrogens is 300 g/mol. The van der Waals surface area contributed by atoms with E-state index in [4.69, 9.17) is 13.6 Å². The van der Waals surface area contributed by atoms with Crippen molar-refractivity contribution in [2.45, 2.75) is 51.5 Å². The van der Waals surface area contributed by atoms with E-state index < -0.39 is 28.7 Å². The van der Waals surface area contributed by atoms with Crippen LogP contribution in [-0.4, -0.2) is 41.4 Å². The van der Waals surface area contributed by atoms with Gasteiger partial charge in [0.15, 0.2) is 16.6 Å². The lowest BCUT2D eigenvalue weighted by molar-refractivity contribution is -0.160. The van der Waals surface area contributed by atoms with Crippen molar-refractivity contribution in [3.05, 3.63) is 24.8 Å². The summed E-state index contributed by atoms with van der Waals surface area (Å²) in [5, 5.41) is 0. The molecule has 0 bridgehead atoms. The van der Waals surface area contributed by atoms with E-state index in [1.54, 1.807) is 6.08 Å². The van der Waals surface area contributed by atoms with E-state index in [1.807, 2.05) is 0 Å². The smallest absolute Gasteiger partial charge is 0.316 e. The van der Waals surface area contributed by atoms with Crippen molar-refractivity contribution in [1.82, 2.24) is 0 Å². The predicted molar refractivity (Wildman–Crippen MR) is 90.2 cm³/mol. The van der Waals surface area contributed by atoms with Crippen LogP contribution in [0, 0.1) is 5.92 Å². The van der Waals surface area contributed by atoms with Gasteiger partial charge in [0.1, 0.15) is 12.0 Å². The zero-order valence-corrected chi connectivity index (χ0v) is 16.1. The fourth-order valence-electron chi connectivity index (χ4n) is 2.05. The Kier molecular flexibility index (Phi) is 5.77. The molecule has 0 aromatic carbocycles. The molecule has 0 amide bonds. The van der Waals surface area contributed by atoms with Gasteiger partial charge in [-0.3, -0.25) is 4.79 Å². The fourth-order valence-corrected chi connectivity index (χ4v) is 3.76. The van der Waals surface area contributed by atoms with Crippen molar-refractivity contribution >= 4 is 22.6 Å². The van der Waals surface area contributed by atoms with Gasteiger partial charge in [0.25, 0.3) is 0 Å². The van der Waals surface area contributed by atoms with Crippen LogP contribution in [0.5, 0.6) is 0 Å². The highest BCUT2D eigenvalue weighted by Gasteiger charge is 2.42. The molecule has 0 aromatic heterocycles. The van der Waals surface area contributed by atoms with Crippen LogP contribution in [0.3, 0.4) is 0 Å². The van der Waals surface area contributed by atoms with Crippen molar-refractivity contribution in [2.75, 3.05) is 6.61 Å². The summed E-state index contributed by atoms with van der Waals surface area (Å²) in [5.74, 6) is -0.780. The maximum atomic E-state index is 12.2. The SMILES string of the molecule is C=C[C@H]1C(=O)OC(CO[Si](C)(C)C)C(=C)C1O[Si](C)(C)C. The molecule has 0 saturated carbocycles. The van der Waals surface area contributed by atoms with E-state index >= 15 is 0 Å². The van der Waals surface area contributed by atoms with Crippen molar-refractivity contribution in [3.63, 3.8) is 0 Å². The summed E-state index contributed by atoms with van der Waals surface area (Å²) in [7, 11) is -3.48. The number of carbonyl (C=O) groups is 1. The molecule has 1 rings (SSSR count). The molecule has 0 radical (unpaired) electrons. The van der Waals surface area contributed by atoms with E-state index in [-0.39, 0.29) is 12.1 Å². The third-order valence-corrected chi connectivity index (χ3v) is 5.03. The van der Waals surface area contributed by atoms with Crippen molar-refractivity contribution in [2.24, 2.45) is 5.92 Å². The van der Waals surface area contributed by atoms with Crippen LogP contribution < -0.4 is 0 Å². The summed E-state index contributed by atoms with van der Waals surface area (Å²) in [5.41, 5.74) is 0.778. The van der Waals surface area contributed by atoms with E-state index in [9.17, 15) is 4.79 Å². The lowest BCUT2D eigenvalue weighted by Gasteiger charge is -2.39. The van der Waals surface area contributed by atoms with Crippen molar-refractivity contribution in [1.29, 1.82) is 0 Å². The number of esters is 1. The molecule has 0 aliphatic carbocycles. The van der Waals surface area contributed by atoms with E-state index in [0.717, 1.165) is 5.57 Å². The van der Waals surface area contributed by atoms with Gasteiger partial charge in [-0.1, -0.05) is 12.7 Å². The Bertz CT molecular complexity index is 420. The van der Waals surface area contributed by atoms with Crippen LogP contribution >= 0.6 is 0 Å². The van der Waals surface area contributed by atoms with Crippen LogP contribution in [0.25, 0.3) is 0 Å². The highest BCUT2D eigenvalue weighted by Crippen LogP contribution is 2.31. The molecule has 3 atom stereocenters. The average Bonchev–Trinajstić information content (AvgIpc) is 2.29. The van der Waals surface area contributed by atoms with Gasteiger partial charge in [-0.05, 0) is 44.9 Å².